The minimum atomic E-state index is 0.595. The average Bonchev–Trinajstić information content (AvgIpc) is 2.30. The van der Waals surface area contributed by atoms with Gasteiger partial charge in [0.1, 0.15) is 0 Å². The summed E-state index contributed by atoms with van der Waals surface area (Å²) in [5.74, 6) is 0.704. The molecule has 0 aromatic carbocycles. The number of nitrogens with zero attached hydrogens (tertiary/aromatic N) is 1. The van der Waals surface area contributed by atoms with Crippen molar-refractivity contribution >= 4 is 0 Å². The lowest BCUT2D eigenvalue weighted by atomic mass is 9.86. The molecule has 0 bridgehead atoms. The molecule has 1 aromatic heterocycles. The largest absolute Gasteiger partial charge is 0.326 e. The summed E-state index contributed by atoms with van der Waals surface area (Å²) in [7, 11) is 0. The van der Waals surface area contributed by atoms with E-state index in [0.717, 1.165) is 5.56 Å². The van der Waals surface area contributed by atoms with Gasteiger partial charge in [0.15, 0.2) is 0 Å². The van der Waals surface area contributed by atoms with Crippen LogP contribution in [-0.2, 0) is 6.54 Å². The van der Waals surface area contributed by atoms with Gasteiger partial charge in [-0.15, -0.1) is 0 Å². The lowest BCUT2D eigenvalue weighted by Gasteiger charge is -2.20. The standard InChI is InChI=1S/C12H18N2/c13-8-10-6-7-12(14-9-10)11-4-2-1-3-5-11/h6-7,9,11H,1-5,8,13H2. The van der Waals surface area contributed by atoms with Crippen LogP contribution < -0.4 is 5.73 Å². The Hall–Kier alpha value is -0.890. The molecule has 0 aliphatic heterocycles. The summed E-state index contributed by atoms with van der Waals surface area (Å²) in [5, 5.41) is 0. The normalized spacial score (nSPS) is 18.4. The fourth-order valence-corrected chi connectivity index (χ4v) is 2.20. The molecular formula is C12H18N2. The average molecular weight is 190 g/mol. The Balaban J connectivity index is 2.07. The quantitative estimate of drug-likeness (QED) is 0.778. The van der Waals surface area contributed by atoms with Crippen molar-refractivity contribution in [1.82, 2.24) is 4.98 Å². The molecule has 1 heterocycles. The molecule has 0 atom stereocenters. The van der Waals surface area contributed by atoms with Gasteiger partial charge in [-0.05, 0) is 24.5 Å². The summed E-state index contributed by atoms with van der Waals surface area (Å²) in [4.78, 5) is 4.49. The third-order valence-electron chi connectivity index (χ3n) is 3.11. The summed E-state index contributed by atoms with van der Waals surface area (Å²) < 4.78 is 0. The van der Waals surface area contributed by atoms with Crippen molar-refractivity contribution < 1.29 is 0 Å². The molecule has 14 heavy (non-hydrogen) atoms. The predicted octanol–water partition coefficient (Wildman–Crippen LogP) is 2.59. The van der Waals surface area contributed by atoms with Crippen LogP contribution in [0.5, 0.6) is 0 Å². The van der Waals surface area contributed by atoms with Crippen LogP contribution in [0, 0.1) is 0 Å². The molecule has 1 aromatic rings. The summed E-state index contributed by atoms with van der Waals surface area (Å²) in [6.45, 7) is 0.595. The number of pyridine rings is 1. The van der Waals surface area contributed by atoms with Gasteiger partial charge in [-0.3, -0.25) is 4.98 Å². The first-order valence-corrected chi connectivity index (χ1v) is 5.55. The lowest BCUT2D eigenvalue weighted by Crippen LogP contribution is -2.07. The summed E-state index contributed by atoms with van der Waals surface area (Å²) in [6.07, 6.45) is 8.68. The Kier molecular flexibility index (Phi) is 3.14. The molecule has 76 valence electrons. The van der Waals surface area contributed by atoms with Gasteiger partial charge in [0.05, 0.1) is 0 Å². The highest BCUT2D eigenvalue weighted by molar-refractivity contribution is 5.16. The van der Waals surface area contributed by atoms with Crippen molar-refractivity contribution in [3.8, 4) is 0 Å². The smallest absolute Gasteiger partial charge is 0.0434 e. The highest BCUT2D eigenvalue weighted by Crippen LogP contribution is 2.31. The molecule has 1 saturated carbocycles. The molecule has 1 fully saturated rings. The van der Waals surface area contributed by atoms with Gasteiger partial charge in [-0.2, -0.15) is 0 Å². The van der Waals surface area contributed by atoms with Crippen molar-refractivity contribution in [1.29, 1.82) is 0 Å². The first-order chi connectivity index (χ1) is 6.90. The fourth-order valence-electron chi connectivity index (χ4n) is 2.20. The second-order valence-electron chi connectivity index (χ2n) is 4.13. The van der Waals surface area contributed by atoms with E-state index in [1.165, 1.54) is 37.8 Å². The van der Waals surface area contributed by atoms with Crippen molar-refractivity contribution in [3.63, 3.8) is 0 Å². The van der Waals surface area contributed by atoms with Crippen LogP contribution >= 0.6 is 0 Å². The predicted molar refractivity (Wildman–Crippen MR) is 58.0 cm³/mol. The first kappa shape index (κ1) is 9.66. The zero-order valence-corrected chi connectivity index (χ0v) is 8.58. The molecule has 2 nitrogen and oxygen atoms in total. The number of hydrogen-bond donors (Lipinski definition) is 1. The molecule has 0 amide bonds. The fraction of sp³-hybridized carbons (Fsp3) is 0.583. The monoisotopic (exact) mass is 190 g/mol. The van der Waals surface area contributed by atoms with Gasteiger partial charge in [-0.25, -0.2) is 0 Å². The van der Waals surface area contributed by atoms with Crippen molar-refractivity contribution in [2.24, 2.45) is 5.73 Å². The molecular weight excluding hydrogens is 172 g/mol. The van der Waals surface area contributed by atoms with E-state index < -0.39 is 0 Å². The van der Waals surface area contributed by atoms with E-state index in [9.17, 15) is 0 Å². The van der Waals surface area contributed by atoms with Crippen LogP contribution in [0.25, 0.3) is 0 Å². The highest BCUT2D eigenvalue weighted by Gasteiger charge is 2.15. The molecule has 0 spiro atoms. The maximum absolute atomic E-state index is 5.54. The number of aromatic nitrogens is 1. The second-order valence-corrected chi connectivity index (χ2v) is 4.13. The van der Waals surface area contributed by atoms with Crippen LogP contribution in [0.2, 0.25) is 0 Å². The Labute approximate surface area is 85.5 Å². The molecule has 0 unspecified atom stereocenters. The van der Waals surface area contributed by atoms with E-state index in [1.807, 2.05) is 6.20 Å². The van der Waals surface area contributed by atoms with Gasteiger partial charge in [-0.1, -0.05) is 25.3 Å². The molecule has 2 rings (SSSR count). The van der Waals surface area contributed by atoms with E-state index in [0.29, 0.717) is 12.5 Å². The van der Waals surface area contributed by atoms with Crippen molar-refractivity contribution in [2.75, 3.05) is 0 Å². The summed E-state index contributed by atoms with van der Waals surface area (Å²) in [5.41, 5.74) is 7.93. The maximum Gasteiger partial charge on any atom is 0.0434 e. The second kappa shape index (κ2) is 4.56. The zero-order valence-electron chi connectivity index (χ0n) is 8.58. The zero-order chi connectivity index (χ0) is 9.80. The topological polar surface area (TPSA) is 38.9 Å². The van der Waals surface area contributed by atoms with Gasteiger partial charge >= 0.3 is 0 Å². The molecule has 1 aliphatic rings. The Bertz CT molecular complexity index is 273. The highest BCUT2D eigenvalue weighted by atomic mass is 14.7. The van der Waals surface area contributed by atoms with E-state index in [1.54, 1.807) is 0 Å². The Morgan fingerprint density at radius 2 is 2.00 bits per heavy atom. The summed E-state index contributed by atoms with van der Waals surface area (Å²) in [6, 6.07) is 4.26. The Morgan fingerprint density at radius 3 is 2.57 bits per heavy atom. The van der Waals surface area contributed by atoms with Crippen LogP contribution in [0.4, 0.5) is 0 Å². The third kappa shape index (κ3) is 2.13. The maximum atomic E-state index is 5.54. The minimum absolute atomic E-state index is 0.595. The molecule has 2 N–H and O–H groups in total. The number of hydrogen-bond acceptors (Lipinski definition) is 2. The molecule has 0 radical (unpaired) electrons. The van der Waals surface area contributed by atoms with Gasteiger partial charge in [0.2, 0.25) is 0 Å². The van der Waals surface area contributed by atoms with E-state index in [4.69, 9.17) is 5.73 Å². The third-order valence-corrected chi connectivity index (χ3v) is 3.11. The van der Waals surface area contributed by atoms with Gasteiger partial charge < -0.3 is 5.73 Å². The molecule has 1 aliphatic carbocycles. The van der Waals surface area contributed by atoms with E-state index >= 15 is 0 Å². The summed E-state index contributed by atoms with van der Waals surface area (Å²) >= 11 is 0. The van der Waals surface area contributed by atoms with Crippen LogP contribution in [0.3, 0.4) is 0 Å². The van der Waals surface area contributed by atoms with E-state index in [-0.39, 0.29) is 0 Å². The minimum Gasteiger partial charge on any atom is -0.326 e. The molecule has 2 heteroatoms. The number of nitrogens with two attached hydrogens (primary N) is 1. The van der Waals surface area contributed by atoms with Crippen LogP contribution in [0.15, 0.2) is 18.3 Å². The van der Waals surface area contributed by atoms with Crippen molar-refractivity contribution in [3.05, 3.63) is 29.6 Å². The molecule has 0 saturated heterocycles. The lowest BCUT2D eigenvalue weighted by molar-refractivity contribution is 0.436. The first-order valence-electron chi connectivity index (χ1n) is 5.55. The van der Waals surface area contributed by atoms with Gasteiger partial charge in [0.25, 0.3) is 0 Å². The SMILES string of the molecule is NCc1ccc(C2CCCCC2)nc1. The van der Waals surface area contributed by atoms with Crippen molar-refractivity contribution in [2.45, 2.75) is 44.6 Å². The Morgan fingerprint density at radius 1 is 1.21 bits per heavy atom. The van der Waals surface area contributed by atoms with Crippen LogP contribution in [0.1, 0.15) is 49.3 Å². The van der Waals surface area contributed by atoms with E-state index in [2.05, 4.69) is 17.1 Å². The van der Waals surface area contributed by atoms with Crippen LogP contribution in [-0.4, -0.2) is 4.98 Å². The van der Waals surface area contributed by atoms with Gasteiger partial charge in [0, 0.05) is 24.4 Å². The number of rotatable bonds is 2.